The predicted octanol–water partition coefficient (Wildman–Crippen LogP) is -0.504. The van der Waals surface area contributed by atoms with Crippen molar-refractivity contribution < 1.29 is 0 Å². The van der Waals surface area contributed by atoms with Gasteiger partial charge in [0.05, 0.1) is 10.6 Å². The Hall–Kier alpha value is -1.43. The van der Waals surface area contributed by atoms with E-state index in [2.05, 4.69) is 12.6 Å². The van der Waals surface area contributed by atoms with Gasteiger partial charge in [0, 0.05) is 6.07 Å². The molecule has 2 aromatic heterocycles. The Labute approximate surface area is 78.7 Å². The highest BCUT2D eigenvalue weighted by Crippen LogP contribution is 2.09. The maximum atomic E-state index is 11.5. The van der Waals surface area contributed by atoms with Crippen LogP contribution >= 0.6 is 12.6 Å². The number of thiol groups is 1. The van der Waals surface area contributed by atoms with Crippen molar-refractivity contribution >= 4 is 18.4 Å². The quantitative estimate of drug-likeness (QED) is 0.497. The van der Waals surface area contributed by atoms with Crippen LogP contribution in [0.2, 0.25) is 0 Å². The Morgan fingerprint density at radius 3 is 2.69 bits per heavy atom. The molecule has 0 unspecified atom stereocenters. The lowest BCUT2D eigenvalue weighted by Crippen LogP contribution is -2.21. The summed E-state index contributed by atoms with van der Waals surface area (Å²) in [6.07, 6.45) is 0. The second kappa shape index (κ2) is 2.29. The van der Waals surface area contributed by atoms with Crippen LogP contribution in [0, 0.1) is 12.3 Å². The zero-order valence-electron chi connectivity index (χ0n) is 6.90. The molecule has 0 radical (unpaired) electrons. The molecule has 68 valence electrons. The Bertz CT molecular complexity index is 582. The van der Waals surface area contributed by atoms with E-state index in [0.29, 0.717) is 16.4 Å². The first-order valence-corrected chi connectivity index (χ1v) is 4.09. The molecule has 2 heterocycles. The van der Waals surface area contributed by atoms with E-state index in [-0.39, 0.29) is 11.0 Å². The number of nitrogens with zero attached hydrogens (tertiary/aromatic N) is 2. The zero-order chi connectivity index (χ0) is 9.75. The van der Waals surface area contributed by atoms with Crippen LogP contribution in [0.4, 0.5) is 5.82 Å². The van der Waals surface area contributed by atoms with Gasteiger partial charge in [0.25, 0.3) is 5.56 Å². The minimum Gasteiger partial charge on any atom is -0.384 e. The molecular weight excluding hydrogens is 188 g/mol. The summed E-state index contributed by atoms with van der Waals surface area (Å²) in [5, 5.41) is 7.46. The lowest BCUT2D eigenvalue weighted by atomic mass is 10.5. The summed E-state index contributed by atoms with van der Waals surface area (Å²) in [7, 11) is 0. The molecule has 0 saturated heterocycles. The van der Waals surface area contributed by atoms with Crippen LogP contribution in [-0.4, -0.2) is 9.03 Å². The van der Waals surface area contributed by atoms with Crippen LogP contribution in [0.3, 0.4) is 0 Å². The predicted molar refractivity (Wildman–Crippen MR) is 50.6 cm³/mol. The van der Waals surface area contributed by atoms with E-state index < -0.39 is 0 Å². The summed E-state index contributed by atoms with van der Waals surface area (Å²) in [5.41, 5.74) is 6.04. The van der Waals surface area contributed by atoms with E-state index in [0.717, 1.165) is 0 Å². The number of nitrogens with two attached hydrogens (primary N) is 1. The number of aryl methyl sites for hydroxylation is 1. The highest BCUT2D eigenvalue weighted by molar-refractivity contribution is 7.80. The second-order valence-electron chi connectivity index (χ2n) is 2.82. The number of hydrogen-bond acceptors (Lipinski definition) is 4. The van der Waals surface area contributed by atoms with E-state index in [1.165, 1.54) is 15.1 Å². The van der Waals surface area contributed by atoms with E-state index in [4.69, 9.17) is 11.1 Å². The fraction of sp³-hybridized carbons (Fsp3) is 0.143. The van der Waals surface area contributed by atoms with Crippen LogP contribution in [0.15, 0.2) is 15.8 Å². The van der Waals surface area contributed by atoms with E-state index >= 15 is 0 Å². The smallest absolute Gasteiger partial charge is 0.286 e. The standard InChI is InChI=1S/C7H8N4OS/c1-3-6(13)7(12)11-5(9)2-4(8)10(3)11/h2,9,13H,8H2,1H3. The lowest BCUT2D eigenvalue weighted by Gasteiger charge is -1.93. The fourth-order valence-electron chi connectivity index (χ4n) is 1.38. The van der Waals surface area contributed by atoms with Crippen molar-refractivity contribution in [2.24, 2.45) is 0 Å². The summed E-state index contributed by atoms with van der Waals surface area (Å²) in [5.74, 6) is 0.375. The maximum absolute atomic E-state index is 11.5. The summed E-state index contributed by atoms with van der Waals surface area (Å²) >= 11 is 4.04. The fourth-order valence-corrected chi connectivity index (χ4v) is 1.57. The van der Waals surface area contributed by atoms with Crippen molar-refractivity contribution in [2.45, 2.75) is 11.8 Å². The molecule has 0 amide bonds. The van der Waals surface area contributed by atoms with E-state index in [1.807, 2.05) is 0 Å². The van der Waals surface area contributed by atoms with Crippen LogP contribution in [-0.2, 0) is 0 Å². The van der Waals surface area contributed by atoms with Gasteiger partial charge in [-0.3, -0.25) is 10.2 Å². The van der Waals surface area contributed by atoms with Gasteiger partial charge in [-0.15, -0.1) is 12.6 Å². The molecule has 0 atom stereocenters. The number of nitrogen functional groups attached to an aromatic ring is 1. The third-order valence-corrected chi connectivity index (χ3v) is 2.53. The summed E-state index contributed by atoms with van der Waals surface area (Å²) in [6, 6.07) is 1.43. The van der Waals surface area contributed by atoms with Crippen molar-refractivity contribution in [2.75, 3.05) is 5.73 Å². The van der Waals surface area contributed by atoms with Crippen LogP contribution < -0.4 is 16.8 Å². The molecule has 0 aromatic carbocycles. The number of nitrogens with one attached hydrogen (secondary N) is 1. The Kier molecular flexibility index (Phi) is 1.44. The number of rotatable bonds is 0. The van der Waals surface area contributed by atoms with Gasteiger partial charge in [-0.25, -0.2) is 4.52 Å². The van der Waals surface area contributed by atoms with Gasteiger partial charge in [-0.1, -0.05) is 0 Å². The largest absolute Gasteiger partial charge is 0.384 e. The van der Waals surface area contributed by atoms with Crippen LogP contribution in [0.25, 0.3) is 0 Å². The highest BCUT2D eigenvalue weighted by Gasteiger charge is 2.13. The minimum absolute atomic E-state index is 0.0749. The zero-order valence-corrected chi connectivity index (χ0v) is 7.80. The number of aromatic nitrogens is 2. The number of anilines is 1. The SMILES string of the molecule is Cc1c(S)c(=O)n2c(=N)cc(N)n12. The normalized spacial score (nSPS) is 11.2. The summed E-state index contributed by atoms with van der Waals surface area (Å²) in [4.78, 5) is 11.8. The third-order valence-electron chi connectivity index (χ3n) is 2.01. The van der Waals surface area contributed by atoms with E-state index in [1.54, 1.807) is 6.92 Å². The van der Waals surface area contributed by atoms with Crippen molar-refractivity contribution in [3.8, 4) is 0 Å². The Morgan fingerprint density at radius 1 is 1.54 bits per heavy atom. The molecule has 0 spiro atoms. The molecule has 0 aliphatic rings. The van der Waals surface area contributed by atoms with Crippen LogP contribution in [0.1, 0.15) is 5.69 Å². The molecule has 13 heavy (non-hydrogen) atoms. The Balaban J connectivity index is 3.24. The Morgan fingerprint density at radius 2 is 2.15 bits per heavy atom. The molecule has 2 aromatic rings. The van der Waals surface area contributed by atoms with Gasteiger partial charge in [0.15, 0.2) is 5.49 Å². The number of fused-ring (bicyclic) bond motifs is 1. The van der Waals surface area contributed by atoms with Crippen molar-refractivity contribution in [3.63, 3.8) is 0 Å². The molecular formula is C7H8N4OS. The van der Waals surface area contributed by atoms with Gasteiger partial charge >= 0.3 is 0 Å². The van der Waals surface area contributed by atoms with Gasteiger partial charge in [0.2, 0.25) is 0 Å². The average Bonchev–Trinajstić information content (AvgIpc) is 2.47. The van der Waals surface area contributed by atoms with Gasteiger partial charge in [0.1, 0.15) is 5.82 Å². The molecule has 2 rings (SSSR count). The third kappa shape index (κ3) is 0.831. The maximum Gasteiger partial charge on any atom is 0.286 e. The molecule has 6 heteroatoms. The second-order valence-corrected chi connectivity index (χ2v) is 3.26. The number of hydrogen-bond donors (Lipinski definition) is 3. The summed E-state index contributed by atoms with van der Waals surface area (Å²) < 4.78 is 2.67. The molecule has 5 nitrogen and oxygen atoms in total. The highest BCUT2D eigenvalue weighted by atomic mass is 32.1. The first-order valence-electron chi connectivity index (χ1n) is 3.64. The summed E-state index contributed by atoms with van der Waals surface area (Å²) in [6.45, 7) is 1.74. The molecule has 3 N–H and O–H groups in total. The monoisotopic (exact) mass is 196 g/mol. The van der Waals surface area contributed by atoms with Crippen molar-refractivity contribution in [1.29, 1.82) is 5.41 Å². The lowest BCUT2D eigenvalue weighted by molar-refractivity contribution is 0.771. The average molecular weight is 196 g/mol. The molecule has 0 aliphatic heterocycles. The molecule has 0 saturated carbocycles. The van der Waals surface area contributed by atoms with Crippen LogP contribution in [0.5, 0.6) is 0 Å². The van der Waals surface area contributed by atoms with E-state index in [9.17, 15) is 4.79 Å². The van der Waals surface area contributed by atoms with Crippen molar-refractivity contribution in [1.82, 2.24) is 9.03 Å². The molecule has 0 fully saturated rings. The van der Waals surface area contributed by atoms with Gasteiger partial charge in [-0.2, -0.15) is 4.52 Å². The molecule has 0 bridgehead atoms. The van der Waals surface area contributed by atoms with Gasteiger partial charge < -0.3 is 5.73 Å². The topological polar surface area (TPSA) is 75.8 Å². The molecule has 0 aliphatic carbocycles. The first-order chi connectivity index (χ1) is 6.04. The van der Waals surface area contributed by atoms with Gasteiger partial charge in [-0.05, 0) is 6.92 Å². The van der Waals surface area contributed by atoms with Crippen molar-refractivity contribution in [3.05, 3.63) is 27.6 Å². The first kappa shape index (κ1) is 8.18. The minimum atomic E-state index is -0.303.